The molecule has 0 saturated carbocycles. The largest absolute Gasteiger partial charge is 0.383 e. The average molecular weight is 259 g/mol. The standard InChI is InChI=1S/C11H14FNO3S/c1-16-7-6-13-11(14)8-17(15)10-4-2-9(12)3-5-10/h2-5H,6-8H2,1H3,(H,13,14). The van der Waals surface area contributed by atoms with Crippen LogP contribution in [0.3, 0.4) is 0 Å². The highest BCUT2D eigenvalue weighted by molar-refractivity contribution is 7.85. The summed E-state index contributed by atoms with van der Waals surface area (Å²) >= 11 is 0. The zero-order valence-corrected chi connectivity index (χ0v) is 10.3. The van der Waals surface area contributed by atoms with Gasteiger partial charge in [0.2, 0.25) is 5.91 Å². The predicted octanol–water partition coefficient (Wildman–Crippen LogP) is 0.696. The van der Waals surface area contributed by atoms with Crippen LogP contribution in [0, 0.1) is 5.82 Å². The number of carbonyl (C=O) groups excluding carboxylic acids is 1. The van der Waals surface area contributed by atoms with Crippen molar-refractivity contribution in [1.82, 2.24) is 5.32 Å². The fourth-order valence-electron chi connectivity index (χ4n) is 1.13. The molecule has 0 aromatic heterocycles. The van der Waals surface area contributed by atoms with Gasteiger partial charge in [0.25, 0.3) is 0 Å². The van der Waals surface area contributed by atoms with Gasteiger partial charge in [-0.3, -0.25) is 9.00 Å². The van der Waals surface area contributed by atoms with Crippen molar-refractivity contribution in [2.24, 2.45) is 0 Å². The molecule has 0 aliphatic heterocycles. The summed E-state index contributed by atoms with van der Waals surface area (Å²) in [6, 6.07) is 5.26. The van der Waals surface area contributed by atoms with E-state index in [1.807, 2.05) is 0 Å². The molecule has 17 heavy (non-hydrogen) atoms. The lowest BCUT2D eigenvalue weighted by molar-refractivity contribution is -0.118. The molecule has 94 valence electrons. The summed E-state index contributed by atoms with van der Waals surface area (Å²) in [5.74, 6) is -0.838. The van der Waals surface area contributed by atoms with E-state index in [2.05, 4.69) is 5.32 Å². The van der Waals surface area contributed by atoms with E-state index in [1.54, 1.807) is 0 Å². The molecular weight excluding hydrogens is 245 g/mol. The molecule has 6 heteroatoms. The maximum Gasteiger partial charge on any atom is 0.233 e. The van der Waals surface area contributed by atoms with Gasteiger partial charge in [-0.25, -0.2) is 4.39 Å². The molecule has 0 heterocycles. The fourth-order valence-corrected chi connectivity index (χ4v) is 2.08. The third-order valence-electron chi connectivity index (χ3n) is 1.97. The summed E-state index contributed by atoms with van der Waals surface area (Å²) in [6.45, 7) is 0.797. The molecule has 0 aliphatic rings. The highest BCUT2D eigenvalue weighted by Crippen LogP contribution is 2.07. The lowest BCUT2D eigenvalue weighted by Crippen LogP contribution is -2.31. The molecular formula is C11H14FNO3S. The van der Waals surface area contributed by atoms with Crippen LogP contribution < -0.4 is 5.32 Å². The van der Waals surface area contributed by atoms with Gasteiger partial charge in [-0.1, -0.05) is 0 Å². The number of halogens is 1. The Kier molecular flexibility index (Phi) is 5.79. The Morgan fingerprint density at radius 3 is 2.65 bits per heavy atom. The molecule has 1 amide bonds. The van der Waals surface area contributed by atoms with Crippen LogP contribution in [-0.4, -0.2) is 36.1 Å². The normalized spacial score (nSPS) is 12.1. The first-order chi connectivity index (χ1) is 8.13. The molecule has 0 spiro atoms. The van der Waals surface area contributed by atoms with Gasteiger partial charge in [0, 0.05) is 18.6 Å². The first-order valence-electron chi connectivity index (χ1n) is 5.03. The summed E-state index contributed by atoms with van der Waals surface area (Å²) < 4.78 is 29.1. The van der Waals surface area contributed by atoms with Crippen molar-refractivity contribution in [1.29, 1.82) is 0 Å². The van der Waals surface area contributed by atoms with Crippen molar-refractivity contribution in [3.63, 3.8) is 0 Å². The molecule has 0 saturated heterocycles. The van der Waals surface area contributed by atoms with Crippen LogP contribution in [0.15, 0.2) is 29.2 Å². The quantitative estimate of drug-likeness (QED) is 0.765. The van der Waals surface area contributed by atoms with Crippen molar-refractivity contribution in [3.05, 3.63) is 30.1 Å². The summed E-state index contributed by atoms with van der Waals surface area (Å²) in [5.41, 5.74) is 0. The molecule has 1 atom stereocenters. The minimum atomic E-state index is -1.45. The lowest BCUT2D eigenvalue weighted by atomic mass is 10.4. The summed E-state index contributed by atoms with van der Waals surface area (Å²) in [7, 11) is 0.0839. The van der Waals surface area contributed by atoms with Crippen molar-refractivity contribution in [2.75, 3.05) is 26.0 Å². The zero-order valence-electron chi connectivity index (χ0n) is 9.44. The minimum absolute atomic E-state index is 0.130. The van der Waals surface area contributed by atoms with Gasteiger partial charge in [0.05, 0.1) is 17.4 Å². The van der Waals surface area contributed by atoms with E-state index >= 15 is 0 Å². The Morgan fingerprint density at radius 1 is 1.41 bits per heavy atom. The smallest absolute Gasteiger partial charge is 0.233 e. The summed E-state index contributed by atoms with van der Waals surface area (Å²) in [5, 5.41) is 2.56. The van der Waals surface area contributed by atoms with Crippen LogP contribution in [0.2, 0.25) is 0 Å². The third kappa shape index (κ3) is 5.06. The van der Waals surface area contributed by atoms with E-state index in [1.165, 1.54) is 31.4 Å². The van der Waals surface area contributed by atoms with E-state index < -0.39 is 16.6 Å². The number of rotatable bonds is 6. The molecule has 1 N–H and O–H groups in total. The highest BCUT2D eigenvalue weighted by atomic mass is 32.2. The maximum atomic E-state index is 12.6. The Hall–Kier alpha value is -1.27. The van der Waals surface area contributed by atoms with Crippen LogP contribution in [0.1, 0.15) is 0 Å². The molecule has 1 rings (SSSR count). The molecule has 1 aromatic carbocycles. The Balaban J connectivity index is 2.43. The first kappa shape index (κ1) is 13.8. The van der Waals surface area contributed by atoms with Crippen LogP contribution in [-0.2, 0) is 20.3 Å². The molecule has 1 unspecified atom stereocenters. The molecule has 0 fully saturated rings. The zero-order chi connectivity index (χ0) is 12.7. The van der Waals surface area contributed by atoms with Crippen LogP contribution in [0.4, 0.5) is 4.39 Å². The van der Waals surface area contributed by atoms with Crippen molar-refractivity contribution >= 4 is 16.7 Å². The monoisotopic (exact) mass is 259 g/mol. The third-order valence-corrected chi connectivity index (χ3v) is 3.29. The van der Waals surface area contributed by atoms with Crippen molar-refractivity contribution in [3.8, 4) is 0 Å². The van der Waals surface area contributed by atoms with Crippen LogP contribution >= 0.6 is 0 Å². The van der Waals surface area contributed by atoms with Gasteiger partial charge in [-0.2, -0.15) is 0 Å². The van der Waals surface area contributed by atoms with Gasteiger partial charge < -0.3 is 10.1 Å². The summed E-state index contributed by atoms with van der Waals surface area (Å²) in [6.07, 6.45) is 0. The van der Waals surface area contributed by atoms with Gasteiger partial charge >= 0.3 is 0 Å². The summed E-state index contributed by atoms with van der Waals surface area (Å²) in [4.78, 5) is 11.8. The van der Waals surface area contributed by atoms with Crippen molar-refractivity contribution < 1.29 is 18.1 Å². The van der Waals surface area contributed by atoms with E-state index in [9.17, 15) is 13.4 Å². The van der Waals surface area contributed by atoms with Gasteiger partial charge in [0.15, 0.2) is 0 Å². The van der Waals surface area contributed by atoms with Gasteiger partial charge in [-0.15, -0.1) is 0 Å². The van der Waals surface area contributed by atoms with Gasteiger partial charge in [0.1, 0.15) is 11.6 Å². The Morgan fingerprint density at radius 2 is 2.06 bits per heavy atom. The second-order valence-corrected chi connectivity index (χ2v) is 4.74. The number of methoxy groups -OCH3 is 1. The SMILES string of the molecule is COCCNC(=O)CS(=O)c1ccc(F)cc1. The molecule has 0 radical (unpaired) electrons. The van der Waals surface area contributed by atoms with Crippen LogP contribution in [0.25, 0.3) is 0 Å². The number of carbonyl (C=O) groups is 1. The average Bonchev–Trinajstić information content (AvgIpc) is 2.30. The molecule has 0 aliphatic carbocycles. The number of hydrogen-bond donors (Lipinski definition) is 1. The highest BCUT2D eigenvalue weighted by Gasteiger charge is 2.09. The number of amides is 1. The lowest BCUT2D eigenvalue weighted by Gasteiger charge is -2.04. The van der Waals surface area contributed by atoms with Gasteiger partial charge in [-0.05, 0) is 24.3 Å². The number of benzene rings is 1. The number of ether oxygens (including phenoxy) is 1. The van der Waals surface area contributed by atoms with E-state index in [-0.39, 0.29) is 11.7 Å². The second kappa shape index (κ2) is 7.13. The first-order valence-corrected chi connectivity index (χ1v) is 6.35. The minimum Gasteiger partial charge on any atom is -0.383 e. The molecule has 0 bridgehead atoms. The van der Waals surface area contributed by atoms with E-state index in [0.717, 1.165) is 0 Å². The Labute approximate surface area is 102 Å². The van der Waals surface area contributed by atoms with E-state index in [0.29, 0.717) is 18.0 Å². The van der Waals surface area contributed by atoms with Crippen molar-refractivity contribution in [2.45, 2.75) is 4.90 Å². The predicted molar refractivity (Wildman–Crippen MR) is 62.6 cm³/mol. The second-order valence-electron chi connectivity index (χ2n) is 3.29. The topological polar surface area (TPSA) is 55.4 Å². The number of nitrogens with one attached hydrogen (secondary N) is 1. The van der Waals surface area contributed by atoms with E-state index in [4.69, 9.17) is 4.74 Å². The van der Waals surface area contributed by atoms with Crippen LogP contribution in [0.5, 0.6) is 0 Å². The Bertz CT molecular complexity index is 394. The maximum absolute atomic E-state index is 12.6. The molecule has 4 nitrogen and oxygen atoms in total. The molecule has 1 aromatic rings. The number of hydrogen-bond acceptors (Lipinski definition) is 3. The fraction of sp³-hybridized carbons (Fsp3) is 0.364.